The number of amides is 2. The maximum absolute atomic E-state index is 12.2. The van der Waals surface area contributed by atoms with Gasteiger partial charge in [0.15, 0.2) is 5.78 Å². The van der Waals surface area contributed by atoms with Crippen LogP contribution in [0, 0.1) is 0 Å². The number of Topliss-reactive ketones (excluding diaryl/α,β-unsaturated/α-hetero) is 1. The molecule has 0 aromatic rings. The summed E-state index contributed by atoms with van der Waals surface area (Å²) in [7, 11) is -3.50. The van der Waals surface area contributed by atoms with Crippen molar-refractivity contribution in [2.24, 2.45) is 0 Å². The van der Waals surface area contributed by atoms with Gasteiger partial charge in [-0.05, 0) is 26.7 Å². The number of nitrogens with one attached hydrogen (secondary N) is 2. The van der Waals surface area contributed by atoms with Gasteiger partial charge in [-0.2, -0.15) is 0 Å². The van der Waals surface area contributed by atoms with Crippen molar-refractivity contribution in [2.45, 2.75) is 39.2 Å². The molecule has 9 heteroatoms. The Bertz CT molecular complexity index is 457. The lowest BCUT2D eigenvalue weighted by atomic mass is 10.1. The van der Waals surface area contributed by atoms with E-state index in [0.717, 1.165) is 6.42 Å². The van der Waals surface area contributed by atoms with E-state index in [-0.39, 0.29) is 19.1 Å². The summed E-state index contributed by atoms with van der Waals surface area (Å²) in [5.41, 5.74) is 0. The minimum atomic E-state index is -3.50. The van der Waals surface area contributed by atoms with E-state index in [2.05, 4.69) is 10.6 Å². The summed E-state index contributed by atoms with van der Waals surface area (Å²) in [6.07, 6.45) is 0.420. The summed E-state index contributed by atoms with van der Waals surface area (Å²) in [5, 5.41) is 5.15. The second kappa shape index (κ2) is 9.02. The Balaban J connectivity index is 2.47. The number of rotatable bonds is 9. The molecule has 2 amide bonds. The minimum Gasteiger partial charge on any atom is -0.354 e. The molecule has 0 aromatic heterocycles. The SMILES string of the molecule is CCOP(=O)(CC(=O)CC(=O)NC1CCCNC1=O)OCC. The Hall–Kier alpha value is -1.24. The molecule has 0 saturated carbocycles. The van der Waals surface area contributed by atoms with Gasteiger partial charge in [0.2, 0.25) is 11.8 Å². The number of ketones is 1. The van der Waals surface area contributed by atoms with E-state index in [1.807, 2.05) is 0 Å². The first-order chi connectivity index (χ1) is 10.4. The van der Waals surface area contributed by atoms with Crippen LogP contribution >= 0.6 is 7.60 Å². The first-order valence-electron chi connectivity index (χ1n) is 7.37. The molecule has 0 aromatic carbocycles. The van der Waals surface area contributed by atoms with E-state index in [1.54, 1.807) is 13.8 Å². The van der Waals surface area contributed by atoms with Gasteiger partial charge in [0.25, 0.3) is 0 Å². The van der Waals surface area contributed by atoms with Crippen molar-refractivity contribution in [1.82, 2.24) is 10.6 Å². The summed E-state index contributed by atoms with van der Waals surface area (Å²) in [6.45, 7) is 4.18. The number of carbonyl (C=O) groups is 3. The molecule has 1 aliphatic rings. The third kappa shape index (κ3) is 6.25. The molecule has 1 atom stereocenters. The average Bonchev–Trinajstić information content (AvgIpc) is 2.41. The molecule has 1 aliphatic heterocycles. The second-order valence-corrected chi connectivity index (χ2v) is 6.93. The number of hydrogen-bond donors (Lipinski definition) is 2. The van der Waals surface area contributed by atoms with Gasteiger partial charge >= 0.3 is 7.60 Å². The summed E-state index contributed by atoms with van der Waals surface area (Å²) in [6, 6.07) is -0.611. The highest BCUT2D eigenvalue weighted by molar-refractivity contribution is 7.54. The van der Waals surface area contributed by atoms with Crippen molar-refractivity contribution in [1.29, 1.82) is 0 Å². The Morgan fingerprint density at radius 1 is 1.32 bits per heavy atom. The van der Waals surface area contributed by atoms with Crippen LogP contribution in [0.4, 0.5) is 0 Å². The number of carbonyl (C=O) groups excluding carboxylic acids is 3. The predicted octanol–water partition coefficient (Wildman–Crippen LogP) is 0.607. The van der Waals surface area contributed by atoms with Crippen LogP contribution in [0.1, 0.15) is 33.1 Å². The molecular formula is C13H23N2O6P. The zero-order valence-electron chi connectivity index (χ0n) is 12.9. The smallest absolute Gasteiger partial charge is 0.338 e. The molecule has 1 heterocycles. The van der Waals surface area contributed by atoms with Gasteiger partial charge in [-0.15, -0.1) is 0 Å². The molecule has 0 aliphatic carbocycles. The van der Waals surface area contributed by atoms with Crippen molar-refractivity contribution < 1.29 is 28.0 Å². The summed E-state index contributed by atoms with van der Waals surface area (Å²) < 4.78 is 22.2. The molecule has 1 fully saturated rings. The first kappa shape index (κ1) is 18.8. The average molecular weight is 334 g/mol. The molecule has 2 N–H and O–H groups in total. The van der Waals surface area contributed by atoms with E-state index < -0.39 is 37.9 Å². The predicted molar refractivity (Wildman–Crippen MR) is 79.5 cm³/mol. The fraction of sp³-hybridized carbons (Fsp3) is 0.769. The van der Waals surface area contributed by atoms with Gasteiger partial charge in [-0.25, -0.2) is 0 Å². The van der Waals surface area contributed by atoms with E-state index in [1.165, 1.54) is 0 Å². The number of hydrogen-bond acceptors (Lipinski definition) is 6. The van der Waals surface area contributed by atoms with Crippen LogP contribution in [0.3, 0.4) is 0 Å². The lowest BCUT2D eigenvalue weighted by molar-refractivity contribution is -0.132. The second-order valence-electron chi connectivity index (χ2n) is 4.87. The van der Waals surface area contributed by atoms with Gasteiger partial charge in [-0.1, -0.05) is 0 Å². The normalized spacial score (nSPS) is 18.6. The fourth-order valence-corrected chi connectivity index (χ4v) is 3.72. The molecular weight excluding hydrogens is 311 g/mol. The van der Waals surface area contributed by atoms with Crippen LogP contribution in [-0.2, 0) is 28.0 Å². The highest BCUT2D eigenvalue weighted by Crippen LogP contribution is 2.47. The molecule has 0 bridgehead atoms. The van der Waals surface area contributed by atoms with Gasteiger partial charge in [0.05, 0.1) is 19.6 Å². The molecule has 0 radical (unpaired) electrons. The molecule has 1 unspecified atom stereocenters. The zero-order valence-corrected chi connectivity index (χ0v) is 13.8. The highest BCUT2D eigenvalue weighted by atomic mass is 31.2. The molecule has 1 saturated heterocycles. The van der Waals surface area contributed by atoms with Crippen molar-refractivity contribution in [2.75, 3.05) is 25.9 Å². The van der Waals surface area contributed by atoms with Crippen molar-refractivity contribution in [3.05, 3.63) is 0 Å². The van der Waals surface area contributed by atoms with Crippen molar-refractivity contribution >= 4 is 25.2 Å². The van der Waals surface area contributed by atoms with Crippen molar-refractivity contribution in [3.63, 3.8) is 0 Å². The van der Waals surface area contributed by atoms with Crippen LogP contribution < -0.4 is 10.6 Å². The van der Waals surface area contributed by atoms with Gasteiger partial charge in [0, 0.05) is 6.54 Å². The van der Waals surface area contributed by atoms with E-state index in [4.69, 9.17) is 9.05 Å². The van der Waals surface area contributed by atoms with E-state index >= 15 is 0 Å². The summed E-state index contributed by atoms with van der Waals surface area (Å²) >= 11 is 0. The van der Waals surface area contributed by atoms with Crippen LogP contribution in [-0.4, -0.2) is 49.6 Å². The molecule has 1 rings (SSSR count). The lowest BCUT2D eigenvalue weighted by Crippen LogP contribution is -2.50. The minimum absolute atomic E-state index is 0.152. The summed E-state index contributed by atoms with van der Waals surface area (Å²) in [4.78, 5) is 35.2. The molecule has 22 heavy (non-hydrogen) atoms. The monoisotopic (exact) mass is 334 g/mol. The Morgan fingerprint density at radius 3 is 2.50 bits per heavy atom. The number of piperidine rings is 1. The largest absolute Gasteiger partial charge is 0.354 e. The van der Waals surface area contributed by atoms with E-state index in [0.29, 0.717) is 13.0 Å². The Kier molecular flexibility index (Phi) is 7.72. The summed E-state index contributed by atoms with van der Waals surface area (Å²) in [5.74, 6) is -1.35. The van der Waals surface area contributed by atoms with Crippen LogP contribution in [0.15, 0.2) is 0 Å². The van der Waals surface area contributed by atoms with E-state index in [9.17, 15) is 18.9 Å². The zero-order chi connectivity index (χ0) is 16.6. The third-order valence-corrected chi connectivity index (χ3v) is 5.04. The maximum Gasteiger partial charge on any atom is 0.338 e. The van der Waals surface area contributed by atoms with Gasteiger partial charge < -0.3 is 19.7 Å². The van der Waals surface area contributed by atoms with Crippen LogP contribution in [0.2, 0.25) is 0 Å². The Labute approximate surface area is 129 Å². The molecule has 8 nitrogen and oxygen atoms in total. The standard InChI is InChI=1S/C13H23N2O6P/c1-3-20-22(19,21-4-2)9-10(16)8-12(17)15-11-6-5-7-14-13(11)18/h11H,3-9H2,1-2H3,(H,14,18)(H,15,17). The first-order valence-corrected chi connectivity index (χ1v) is 9.10. The molecule has 0 spiro atoms. The Morgan fingerprint density at radius 2 is 1.95 bits per heavy atom. The van der Waals surface area contributed by atoms with Gasteiger partial charge in [0.1, 0.15) is 12.2 Å². The van der Waals surface area contributed by atoms with Crippen LogP contribution in [0.5, 0.6) is 0 Å². The highest BCUT2D eigenvalue weighted by Gasteiger charge is 2.29. The molecule has 126 valence electrons. The topological polar surface area (TPSA) is 111 Å². The maximum atomic E-state index is 12.2. The van der Waals surface area contributed by atoms with Gasteiger partial charge in [-0.3, -0.25) is 18.9 Å². The van der Waals surface area contributed by atoms with Crippen LogP contribution in [0.25, 0.3) is 0 Å². The lowest BCUT2D eigenvalue weighted by Gasteiger charge is -2.22. The quantitative estimate of drug-likeness (QED) is 0.472. The van der Waals surface area contributed by atoms with Crippen molar-refractivity contribution in [3.8, 4) is 0 Å². The third-order valence-electron chi connectivity index (χ3n) is 3.00. The fourth-order valence-electron chi connectivity index (χ4n) is 2.13.